The Morgan fingerprint density at radius 1 is 0.636 bits per heavy atom. The molecule has 2 aliphatic rings. The molecule has 0 atom stereocenters. The standard InChI is InChI=1S/2C22H26ClN5O3S.2Li/c2*1-14(2)31-19-6-5-15(12-17(19)23)21-24-25-22(32-21)28-13-16-7-10-27(9-3-4-20(29)30)11-8-18(16)26-28;;/h2*5-6,12-14H,3-4,7-11H2,1-2H3,(H,29,30);;/q;;2*+1/p-2. The number of aromatic nitrogens is 8. The topological polar surface area (TPSA) is 192 Å². The summed E-state index contributed by atoms with van der Waals surface area (Å²) in [4.78, 5) is 25.8. The molecule has 0 spiro atoms. The van der Waals surface area contributed by atoms with Crippen molar-refractivity contribution in [2.75, 3.05) is 39.3 Å². The van der Waals surface area contributed by atoms with Crippen LogP contribution in [0.4, 0.5) is 0 Å². The Morgan fingerprint density at radius 2 is 1.03 bits per heavy atom. The van der Waals surface area contributed by atoms with Gasteiger partial charge >= 0.3 is 37.7 Å². The van der Waals surface area contributed by atoms with Gasteiger partial charge in [0.2, 0.25) is 10.3 Å². The minimum Gasteiger partial charge on any atom is -0.550 e. The second-order valence-corrected chi connectivity index (χ2v) is 18.9. The van der Waals surface area contributed by atoms with Gasteiger partial charge in [-0.3, -0.25) is 0 Å². The molecular weight excluding hydrogens is 913 g/mol. The predicted molar refractivity (Wildman–Crippen MR) is 243 cm³/mol. The number of hydrogen-bond acceptors (Lipinski definition) is 16. The maximum absolute atomic E-state index is 10.6. The van der Waals surface area contributed by atoms with Gasteiger partial charge in [-0.1, -0.05) is 45.9 Å². The van der Waals surface area contributed by atoms with Gasteiger partial charge in [0.25, 0.3) is 0 Å². The van der Waals surface area contributed by atoms with Crippen molar-refractivity contribution < 1.29 is 67.0 Å². The molecule has 6 aromatic rings. The molecule has 66 heavy (non-hydrogen) atoms. The Hall–Kier alpha value is -3.79. The van der Waals surface area contributed by atoms with E-state index in [1.54, 1.807) is 9.36 Å². The predicted octanol–water partition coefficient (Wildman–Crippen LogP) is -0.468. The minimum absolute atomic E-state index is 0. The average Bonchev–Trinajstić information content (AvgIpc) is 4.05. The van der Waals surface area contributed by atoms with Gasteiger partial charge in [0.15, 0.2) is 0 Å². The van der Waals surface area contributed by atoms with Crippen LogP contribution in [0.5, 0.6) is 11.5 Å². The number of nitrogens with zero attached hydrogens (tertiary/aromatic N) is 10. The van der Waals surface area contributed by atoms with Crippen LogP contribution in [0, 0.1) is 0 Å². The molecule has 0 fully saturated rings. The Labute approximate surface area is 426 Å². The summed E-state index contributed by atoms with van der Waals surface area (Å²) in [5, 5.41) is 52.1. The van der Waals surface area contributed by atoms with Gasteiger partial charge in [-0.15, -0.1) is 20.4 Å². The summed E-state index contributed by atoms with van der Waals surface area (Å²) in [6.45, 7) is 12.9. The molecule has 0 radical (unpaired) electrons. The van der Waals surface area contributed by atoms with Crippen molar-refractivity contribution in [2.24, 2.45) is 0 Å². The third-order valence-corrected chi connectivity index (χ3v) is 13.0. The number of fused-ring (bicyclic) bond motifs is 2. The molecule has 6 heterocycles. The second-order valence-electron chi connectivity index (χ2n) is 16.1. The van der Waals surface area contributed by atoms with Crippen LogP contribution in [0.1, 0.15) is 75.9 Å². The molecule has 2 aromatic carbocycles. The second kappa shape index (κ2) is 25.0. The number of halogens is 2. The molecule has 8 rings (SSSR count). The third kappa shape index (κ3) is 14.6. The van der Waals surface area contributed by atoms with E-state index in [0.717, 1.165) is 97.5 Å². The van der Waals surface area contributed by atoms with Gasteiger partial charge in [0.1, 0.15) is 21.5 Å². The Kier molecular flexibility index (Phi) is 20.1. The fourth-order valence-corrected chi connectivity index (χ4v) is 9.38. The number of carboxylic acid groups (broad SMARTS) is 2. The monoisotopic (exact) mass is 962 g/mol. The number of benzene rings is 2. The van der Waals surface area contributed by atoms with E-state index < -0.39 is 11.9 Å². The summed E-state index contributed by atoms with van der Waals surface area (Å²) < 4.78 is 15.0. The Balaban J connectivity index is 0.000000240. The third-order valence-electron chi connectivity index (χ3n) is 10.5. The summed E-state index contributed by atoms with van der Waals surface area (Å²) in [5.74, 6) is -0.671. The number of rotatable bonds is 16. The number of carbonyl (C=O) groups is 2. The quantitative estimate of drug-likeness (QED) is 0.113. The molecule has 0 amide bonds. The molecule has 4 aromatic heterocycles. The summed E-state index contributed by atoms with van der Waals surface area (Å²) in [6, 6.07) is 11.3. The summed E-state index contributed by atoms with van der Waals surface area (Å²) in [7, 11) is 0. The van der Waals surface area contributed by atoms with Crippen LogP contribution in [-0.4, -0.2) is 113 Å². The molecule has 340 valence electrons. The fraction of sp³-hybridized carbons (Fsp3) is 0.455. The van der Waals surface area contributed by atoms with Gasteiger partial charge in [-0.2, -0.15) is 10.2 Å². The van der Waals surface area contributed by atoms with E-state index in [-0.39, 0.29) is 62.8 Å². The summed E-state index contributed by atoms with van der Waals surface area (Å²) in [5.41, 5.74) is 6.28. The van der Waals surface area contributed by atoms with Crippen LogP contribution in [0.15, 0.2) is 48.8 Å². The van der Waals surface area contributed by atoms with Crippen molar-refractivity contribution in [3.05, 3.63) is 81.4 Å². The molecule has 0 saturated heterocycles. The van der Waals surface area contributed by atoms with Gasteiger partial charge in [-0.05, 0) is 127 Å². The van der Waals surface area contributed by atoms with E-state index in [0.29, 0.717) is 44.6 Å². The Bertz CT molecular complexity index is 2330. The maximum atomic E-state index is 10.6. The Morgan fingerprint density at radius 3 is 1.39 bits per heavy atom. The molecule has 0 N–H and O–H groups in total. The van der Waals surface area contributed by atoms with Gasteiger partial charge in [-0.25, -0.2) is 9.36 Å². The molecule has 22 heteroatoms. The van der Waals surface area contributed by atoms with Crippen LogP contribution in [0.25, 0.3) is 31.4 Å². The van der Waals surface area contributed by atoms with Crippen LogP contribution in [0.3, 0.4) is 0 Å². The van der Waals surface area contributed by atoms with E-state index in [1.165, 1.54) is 33.8 Å². The van der Waals surface area contributed by atoms with Crippen LogP contribution < -0.4 is 57.4 Å². The first-order chi connectivity index (χ1) is 30.8. The summed E-state index contributed by atoms with van der Waals surface area (Å²) >= 11 is 15.7. The molecule has 0 unspecified atom stereocenters. The van der Waals surface area contributed by atoms with Crippen molar-refractivity contribution in [3.8, 4) is 42.9 Å². The molecule has 0 aliphatic carbocycles. The normalized spacial score (nSPS) is 13.9. The smallest absolute Gasteiger partial charge is 0.550 e. The van der Waals surface area contributed by atoms with Crippen molar-refractivity contribution in [2.45, 2.75) is 91.3 Å². The van der Waals surface area contributed by atoms with Gasteiger partial charge < -0.3 is 39.1 Å². The first-order valence-corrected chi connectivity index (χ1v) is 23.8. The van der Waals surface area contributed by atoms with Gasteiger partial charge in [0, 0.05) is 74.5 Å². The van der Waals surface area contributed by atoms with E-state index in [2.05, 4.69) is 30.2 Å². The zero-order valence-corrected chi connectivity index (χ0v) is 41.3. The first-order valence-electron chi connectivity index (χ1n) is 21.4. The number of carboxylic acids is 2. The fourth-order valence-electron chi connectivity index (χ4n) is 7.39. The molecule has 0 bridgehead atoms. The van der Waals surface area contributed by atoms with Crippen LogP contribution in [-0.2, 0) is 35.3 Å². The van der Waals surface area contributed by atoms with E-state index in [1.807, 2.05) is 76.5 Å². The van der Waals surface area contributed by atoms with Crippen LogP contribution >= 0.6 is 45.9 Å². The summed E-state index contributed by atoms with van der Waals surface area (Å²) in [6.07, 6.45) is 8.98. The number of hydrogen-bond donors (Lipinski definition) is 0. The van der Waals surface area contributed by atoms with E-state index in [4.69, 9.17) is 42.9 Å². The van der Waals surface area contributed by atoms with Crippen LogP contribution in [0.2, 0.25) is 10.0 Å². The maximum Gasteiger partial charge on any atom is 1.00 e. The van der Waals surface area contributed by atoms with Crippen molar-refractivity contribution >= 4 is 57.8 Å². The number of ether oxygens (including phenoxy) is 2. The first kappa shape index (κ1) is 53.2. The number of aliphatic carboxylic acids is 2. The largest absolute Gasteiger partial charge is 1.00 e. The molecular formula is C44H50Cl2Li2N10O6S2. The SMILES string of the molecule is CC(C)Oc1ccc(-c2nnc(-n3cc4c(n3)CCN(CCCC(=O)[O-])CC4)s2)cc1Cl.CC(C)Oc1ccc(-c2nnc(-n3cc4c(n3)CCN(CCCC(=O)[O-])CC4)s2)cc1Cl.[Li+].[Li+]. The van der Waals surface area contributed by atoms with E-state index >= 15 is 0 Å². The number of carbonyl (C=O) groups excluding carboxylic acids is 2. The van der Waals surface area contributed by atoms with Crippen molar-refractivity contribution in [3.63, 3.8) is 0 Å². The zero-order chi connectivity index (χ0) is 45.3. The van der Waals surface area contributed by atoms with Crippen molar-refractivity contribution in [1.29, 1.82) is 0 Å². The van der Waals surface area contributed by atoms with Gasteiger partial charge in [0.05, 0.1) is 33.6 Å². The zero-order valence-electron chi connectivity index (χ0n) is 38.2. The average molecular weight is 964 g/mol. The van der Waals surface area contributed by atoms with E-state index in [9.17, 15) is 19.8 Å². The molecule has 0 saturated carbocycles. The molecule has 2 aliphatic heterocycles. The van der Waals surface area contributed by atoms with Crippen molar-refractivity contribution in [1.82, 2.24) is 49.8 Å². The minimum atomic E-state index is -0.988. The molecule has 16 nitrogen and oxygen atoms in total.